The summed E-state index contributed by atoms with van der Waals surface area (Å²) < 4.78 is 13.3. The van der Waals surface area contributed by atoms with Crippen LogP contribution in [0.4, 0.5) is 15.8 Å². The minimum Gasteiger partial charge on any atom is -0.397 e. The fourth-order valence-electron chi connectivity index (χ4n) is 1.76. The zero-order chi connectivity index (χ0) is 12.4. The molecule has 1 unspecified atom stereocenters. The summed E-state index contributed by atoms with van der Waals surface area (Å²) in [6.07, 6.45) is 1.17. The fourth-order valence-corrected chi connectivity index (χ4v) is 1.94. The predicted molar refractivity (Wildman–Crippen MR) is 65.5 cm³/mol. The molecule has 0 bridgehead atoms. The Hall–Kier alpha value is -1.49. The average molecular weight is 258 g/mol. The second-order valence-corrected chi connectivity index (χ2v) is 4.44. The standard InChI is InChI=1S/C11H13ClFN3O/c12-7-3-9(14)10(4-8(7)13)16-6-1-2-11(17)15-5-6/h3-4,6,16H,1-2,5,14H2,(H,15,17). The zero-order valence-electron chi connectivity index (χ0n) is 9.09. The molecule has 6 heteroatoms. The first kappa shape index (κ1) is 12.0. The summed E-state index contributed by atoms with van der Waals surface area (Å²) >= 11 is 5.61. The topological polar surface area (TPSA) is 67.1 Å². The molecule has 17 heavy (non-hydrogen) atoms. The average Bonchev–Trinajstić information content (AvgIpc) is 2.29. The van der Waals surface area contributed by atoms with E-state index >= 15 is 0 Å². The number of nitrogens with one attached hydrogen (secondary N) is 2. The Labute approximate surface area is 103 Å². The van der Waals surface area contributed by atoms with Gasteiger partial charge in [0.15, 0.2) is 0 Å². The van der Waals surface area contributed by atoms with Gasteiger partial charge in [-0.15, -0.1) is 0 Å². The number of nitrogens with two attached hydrogens (primary N) is 1. The van der Waals surface area contributed by atoms with Gasteiger partial charge in [-0.3, -0.25) is 4.79 Å². The predicted octanol–water partition coefficient (Wildman–Crippen LogP) is 1.75. The summed E-state index contributed by atoms with van der Waals surface area (Å²) in [6, 6.07) is 2.71. The molecule has 2 rings (SSSR count). The Balaban J connectivity index is 2.08. The van der Waals surface area contributed by atoms with Gasteiger partial charge in [0, 0.05) is 25.1 Å². The van der Waals surface area contributed by atoms with Crippen LogP contribution in [0, 0.1) is 5.82 Å². The Morgan fingerprint density at radius 2 is 2.29 bits per heavy atom. The molecule has 1 atom stereocenters. The molecule has 1 heterocycles. The van der Waals surface area contributed by atoms with E-state index in [9.17, 15) is 9.18 Å². The van der Waals surface area contributed by atoms with Crippen LogP contribution in [0.3, 0.4) is 0 Å². The van der Waals surface area contributed by atoms with Crippen LogP contribution < -0.4 is 16.4 Å². The first-order valence-electron chi connectivity index (χ1n) is 5.34. The minimum atomic E-state index is -0.511. The maximum atomic E-state index is 13.3. The number of hydrogen-bond acceptors (Lipinski definition) is 3. The van der Waals surface area contributed by atoms with Gasteiger partial charge in [-0.05, 0) is 12.5 Å². The first-order chi connectivity index (χ1) is 8.06. The number of carbonyl (C=O) groups excluding carboxylic acids is 1. The van der Waals surface area contributed by atoms with Gasteiger partial charge in [0.2, 0.25) is 5.91 Å². The zero-order valence-corrected chi connectivity index (χ0v) is 9.85. The minimum absolute atomic E-state index is 0.00463. The normalized spacial score (nSPS) is 19.9. The fraction of sp³-hybridized carbons (Fsp3) is 0.364. The molecule has 1 aliphatic heterocycles. The van der Waals surface area contributed by atoms with E-state index in [1.54, 1.807) is 0 Å². The van der Waals surface area contributed by atoms with Crippen LogP contribution in [0.2, 0.25) is 5.02 Å². The second-order valence-electron chi connectivity index (χ2n) is 4.04. The van der Waals surface area contributed by atoms with Crippen molar-refractivity contribution >= 4 is 28.9 Å². The van der Waals surface area contributed by atoms with Crippen molar-refractivity contribution < 1.29 is 9.18 Å². The van der Waals surface area contributed by atoms with Gasteiger partial charge < -0.3 is 16.4 Å². The molecule has 1 aromatic carbocycles. The van der Waals surface area contributed by atoms with Crippen LogP contribution in [0.5, 0.6) is 0 Å². The molecule has 1 aromatic rings. The van der Waals surface area contributed by atoms with Crippen molar-refractivity contribution in [3.63, 3.8) is 0 Å². The van der Waals surface area contributed by atoms with E-state index in [-0.39, 0.29) is 17.0 Å². The molecule has 1 aliphatic rings. The molecule has 92 valence electrons. The Morgan fingerprint density at radius 3 is 2.94 bits per heavy atom. The quantitative estimate of drug-likeness (QED) is 0.707. The van der Waals surface area contributed by atoms with Gasteiger partial charge in [-0.25, -0.2) is 4.39 Å². The van der Waals surface area contributed by atoms with Crippen LogP contribution in [0.25, 0.3) is 0 Å². The van der Waals surface area contributed by atoms with Crippen molar-refractivity contribution in [2.75, 3.05) is 17.6 Å². The van der Waals surface area contributed by atoms with Crippen molar-refractivity contribution in [3.8, 4) is 0 Å². The number of nitrogen functional groups attached to an aromatic ring is 1. The molecule has 0 saturated carbocycles. The largest absolute Gasteiger partial charge is 0.397 e. The molecule has 0 radical (unpaired) electrons. The van der Waals surface area contributed by atoms with E-state index in [1.165, 1.54) is 12.1 Å². The highest BCUT2D eigenvalue weighted by Gasteiger charge is 2.18. The highest BCUT2D eigenvalue weighted by atomic mass is 35.5. The Bertz CT molecular complexity index is 443. The lowest BCUT2D eigenvalue weighted by molar-refractivity contribution is -0.122. The molecule has 0 aromatic heterocycles. The number of carbonyl (C=O) groups is 1. The molecule has 0 aliphatic carbocycles. The Morgan fingerprint density at radius 1 is 1.53 bits per heavy atom. The van der Waals surface area contributed by atoms with Crippen LogP contribution in [-0.2, 0) is 4.79 Å². The van der Waals surface area contributed by atoms with Crippen LogP contribution >= 0.6 is 11.6 Å². The van der Waals surface area contributed by atoms with E-state index in [2.05, 4.69) is 10.6 Å². The summed E-state index contributed by atoms with van der Waals surface area (Å²) in [6.45, 7) is 0.516. The summed E-state index contributed by atoms with van der Waals surface area (Å²) in [4.78, 5) is 11.0. The third kappa shape index (κ3) is 2.79. The van der Waals surface area contributed by atoms with Crippen molar-refractivity contribution in [1.82, 2.24) is 5.32 Å². The molecule has 4 N–H and O–H groups in total. The smallest absolute Gasteiger partial charge is 0.220 e. The van der Waals surface area contributed by atoms with E-state index < -0.39 is 5.82 Å². The summed E-state index contributed by atoms with van der Waals surface area (Å²) in [5.74, 6) is -0.471. The number of rotatable bonds is 2. The van der Waals surface area contributed by atoms with Crippen LogP contribution in [0.1, 0.15) is 12.8 Å². The highest BCUT2D eigenvalue weighted by molar-refractivity contribution is 6.31. The van der Waals surface area contributed by atoms with Crippen molar-refractivity contribution in [3.05, 3.63) is 23.0 Å². The van der Waals surface area contributed by atoms with Gasteiger partial charge in [-0.2, -0.15) is 0 Å². The molecular formula is C11H13ClFN3O. The maximum absolute atomic E-state index is 13.3. The third-order valence-corrected chi connectivity index (χ3v) is 3.01. The molecule has 1 saturated heterocycles. The molecule has 1 amide bonds. The van der Waals surface area contributed by atoms with Crippen molar-refractivity contribution in [2.45, 2.75) is 18.9 Å². The molecule has 4 nitrogen and oxygen atoms in total. The number of benzene rings is 1. The number of hydrogen-bond donors (Lipinski definition) is 3. The number of piperidine rings is 1. The van der Waals surface area contributed by atoms with Crippen LogP contribution in [-0.4, -0.2) is 18.5 Å². The lowest BCUT2D eigenvalue weighted by Crippen LogP contribution is -2.42. The van der Waals surface area contributed by atoms with E-state index in [0.717, 1.165) is 0 Å². The van der Waals surface area contributed by atoms with E-state index in [0.29, 0.717) is 30.8 Å². The monoisotopic (exact) mass is 257 g/mol. The van der Waals surface area contributed by atoms with E-state index in [4.69, 9.17) is 17.3 Å². The maximum Gasteiger partial charge on any atom is 0.220 e. The van der Waals surface area contributed by atoms with Gasteiger partial charge in [-0.1, -0.05) is 11.6 Å². The van der Waals surface area contributed by atoms with Gasteiger partial charge in [0.25, 0.3) is 0 Å². The van der Waals surface area contributed by atoms with Gasteiger partial charge >= 0.3 is 0 Å². The number of halogens is 2. The summed E-state index contributed by atoms with van der Waals surface area (Å²) in [7, 11) is 0. The second kappa shape index (κ2) is 4.79. The van der Waals surface area contributed by atoms with E-state index in [1.807, 2.05) is 0 Å². The Kier molecular flexibility index (Phi) is 3.38. The molecular weight excluding hydrogens is 245 g/mol. The highest BCUT2D eigenvalue weighted by Crippen LogP contribution is 2.27. The first-order valence-corrected chi connectivity index (χ1v) is 5.72. The number of amides is 1. The summed E-state index contributed by atoms with van der Waals surface area (Å²) in [5, 5.41) is 5.84. The van der Waals surface area contributed by atoms with Crippen molar-refractivity contribution in [1.29, 1.82) is 0 Å². The van der Waals surface area contributed by atoms with Gasteiger partial charge in [0.05, 0.1) is 16.4 Å². The summed E-state index contributed by atoms with van der Waals surface area (Å²) in [5.41, 5.74) is 6.64. The van der Waals surface area contributed by atoms with Crippen LogP contribution in [0.15, 0.2) is 12.1 Å². The lowest BCUT2D eigenvalue weighted by atomic mass is 10.1. The SMILES string of the molecule is Nc1cc(Cl)c(F)cc1NC1CCC(=O)NC1. The molecule has 1 fully saturated rings. The van der Waals surface area contributed by atoms with Gasteiger partial charge in [0.1, 0.15) is 5.82 Å². The lowest BCUT2D eigenvalue weighted by Gasteiger charge is -2.25. The number of anilines is 2. The molecule has 0 spiro atoms. The van der Waals surface area contributed by atoms with Crippen molar-refractivity contribution in [2.24, 2.45) is 0 Å². The third-order valence-electron chi connectivity index (χ3n) is 2.72.